The highest BCUT2D eigenvalue weighted by molar-refractivity contribution is 7.89. The van der Waals surface area contributed by atoms with E-state index in [1.807, 2.05) is 35.2 Å². The number of rotatable bonds is 9. The van der Waals surface area contributed by atoms with Crippen LogP contribution in [0.15, 0.2) is 59.5 Å². The standard InChI is InChI=1S/C23H28ClN3O5S/c1-32-23(29)11-12-25(17-19-7-3-2-4-8-19)18-22(28)26-13-15-27(16-14-26)33(30,31)21-10-6-5-9-20(21)24/h2-10H,11-18H2,1H3. The van der Waals surface area contributed by atoms with Crippen molar-refractivity contribution in [1.29, 1.82) is 0 Å². The molecule has 1 amide bonds. The Morgan fingerprint density at radius 1 is 1.00 bits per heavy atom. The zero-order chi connectivity index (χ0) is 23.8. The first-order chi connectivity index (χ1) is 15.8. The number of carbonyl (C=O) groups is 2. The number of piperazine rings is 1. The summed E-state index contributed by atoms with van der Waals surface area (Å²) < 4.78 is 31.9. The number of amides is 1. The van der Waals surface area contributed by atoms with Crippen molar-refractivity contribution < 1.29 is 22.7 Å². The third-order valence-corrected chi connectivity index (χ3v) is 7.91. The number of ether oxygens (including phenoxy) is 1. The van der Waals surface area contributed by atoms with E-state index in [1.165, 1.54) is 17.5 Å². The van der Waals surface area contributed by atoms with Gasteiger partial charge in [0.05, 0.1) is 25.1 Å². The van der Waals surface area contributed by atoms with Crippen LogP contribution in [0.5, 0.6) is 0 Å². The lowest BCUT2D eigenvalue weighted by Gasteiger charge is -2.35. The zero-order valence-corrected chi connectivity index (χ0v) is 20.1. The maximum Gasteiger partial charge on any atom is 0.306 e. The van der Waals surface area contributed by atoms with Crippen LogP contribution >= 0.6 is 11.6 Å². The van der Waals surface area contributed by atoms with Crippen LogP contribution in [0.25, 0.3) is 0 Å². The summed E-state index contributed by atoms with van der Waals surface area (Å²) in [6.45, 7) is 2.00. The molecule has 8 nitrogen and oxygen atoms in total. The minimum Gasteiger partial charge on any atom is -0.469 e. The Balaban J connectivity index is 1.60. The van der Waals surface area contributed by atoms with Gasteiger partial charge >= 0.3 is 5.97 Å². The molecule has 0 saturated carbocycles. The van der Waals surface area contributed by atoms with Gasteiger partial charge in [-0.05, 0) is 17.7 Å². The maximum absolute atomic E-state index is 13.0. The second-order valence-corrected chi connectivity index (χ2v) is 10.1. The fraction of sp³-hybridized carbons (Fsp3) is 0.391. The second-order valence-electron chi connectivity index (χ2n) is 7.74. The molecule has 0 aromatic heterocycles. The summed E-state index contributed by atoms with van der Waals surface area (Å²) in [4.78, 5) is 28.2. The Kier molecular flexibility index (Phi) is 8.85. The van der Waals surface area contributed by atoms with Gasteiger partial charge in [-0.1, -0.05) is 54.1 Å². The predicted octanol–water partition coefficient (Wildman–Crippen LogP) is 2.24. The monoisotopic (exact) mass is 493 g/mol. The molecule has 0 spiro atoms. The number of esters is 1. The SMILES string of the molecule is COC(=O)CCN(CC(=O)N1CCN(S(=O)(=O)c2ccccc2Cl)CC1)Cc1ccccc1. The molecule has 1 fully saturated rings. The molecule has 33 heavy (non-hydrogen) atoms. The van der Waals surface area contributed by atoms with E-state index in [-0.39, 0.29) is 47.8 Å². The Hall–Kier alpha value is -2.46. The number of halogens is 1. The van der Waals surface area contributed by atoms with E-state index in [1.54, 1.807) is 23.1 Å². The van der Waals surface area contributed by atoms with Crippen LogP contribution in [-0.2, 0) is 30.9 Å². The van der Waals surface area contributed by atoms with Crippen molar-refractivity contribution in [2.75, 3.05) is 46.4 Å². The molecule has 0 N–H and O–H groups in total. The third kappa shape index (κ3) is 6.77. The lowest BCUT2D eigenvalue weighted by molar-refractivity contribution is -0.142. The molecule has 2 aromatic rings. The molecule has 1 aliphatic rings. The number of nitrogens with zero attached hydrogens (tertiary/aromatic N) is 3. The summed E-state index contributed by atoms with van der Waals surface area (Å²) in [5.74, 6) is -0.440. The fourth-order valence-corrected chi connectivity index (χ4v) is 5.58. The van der Waals surface area contributed by atoms with Crippen molar-refractivity contribution >= 4 is 33.5 Å². The number of sulfonamides is 1. The third-order valence-electron chi connectivity index (χ3n) is 5.51. The molecule has 0 bridgehead atoms. The Morgan fingerprint density at radius 3 is 2.27 bits per heavy atom. The minimum absolute atomic E-state index is 0.0725. The zero-order valence-electron chi connectivity index (χ0n) is 18.5. The van der Waals surface area contributed by atoms with Crippen molar-refractivity contribution in [1.82, 2.24) is 14.1 Å². The average molecular weight is 494 g/mol. The molecule has 0 aliphatic carbocycles. The number of benzene rings is 2. The van der Waals surface area contributed by atoms with Crippen molar-refractivity contribution in [3.8, 4) is 0 Å². The highest BCUT2D eigenvalue weighted by Gasteiger charge is 2.31. The Bertz CT molecular complexity index is 1060. The van der Waals surface area contributed by atoms with Crippen molar-refractivity contribution in [3.05, 3.63) is 65.2 Å². The molecule has 10 heteroatoms. The average Bonchev–Trinajstić information content (AvgIpc) is 2.83. The van der Waals surface area contributed by atoms with Gasteiger partial charge in [-0.2, -0.15) is 4.31 Å². The van der Waals surface area contributed by atoms with Gasteiger partial charge in [-0.15, -0.1) is 0 Å². The highest BCUT2D eigenvalue weighted by atomic mass is 35.5. The predicted molar refractivity (Wildman–Crippen MR) is 125 cm³/mol. The Labute approximate surface area is 199 Å². The van der Waals surface area contributed by atoms with Crippen molar-refractivity contribution in [3.63, 3.8) is 0 Å². The van der Waals surface area contributed by atoms with Gasteiger partial charge in [0, 0.05) is 39.3 Å². The lowest BCUT2D eigenvalue weighted by Crippen LogP contribution is -2.52. The van der Waals surface area contributed by atoms with E-state index in [0.717, 1.165) is 5.56 Å². The Morgan fingerprint density at radius 2 is 1.64 bits per heavy atom. The largest absolute Gasteiger partial charge is 0.469 e. The van der Waals surface area contributed by atoms with E-state index in [0.29, 0.717) is 26.2 Å². The van der Waals surface area contributed by atoms with E-state index in [9.17, 15) is 18.0 Å². The van der Waals surface area contributed by atoms with Crippen LogP contribution in [-0.4, -0.2) is 80.8 Å². The van der Waals surface area contributed by atoms with Crippen molar-refractivity contribution in [2.45, 2.75) is 17.9 Å². The number of hydrogen-bond donors (Lipinski definition) is 0. The summed E-state index contributed by atoms with van der Waals surface area (Å²) >= 11 is 6.08. The smallest absolute Gasteiger partial charge is 0.306 e. The van der Waals surface area contributed by atoms with Crippen LogP contribution in [0.4, 0.5) is 0 Å². The molecule has 0 atom stereocenters. The first kappa shape index (κ1) is 25.2. The van der Waals surface area contributed by atoms with E-state index in [4.69, 9.17) is 16.3 Å². The molecule has 0 radical (unpaired) electrons. The lowest BCUT2D eigenvalue weighted by atomic mass is 10.2. The molecular weight excluding hydrogens is 466 g/mol. The summed E-state index contributed by atoms with van der Waals surface area (Å²) in [5, 5.41) is 0.179. The minimum atomic E-state index is -3.73. The number of carbonyl (C=O) groups excluding carboxylic acids is 2. The van der Waals surface area contributed by atoms with Gasteiger partial charge < -0.3 is 9.64 Å². The highest BCUT2D eigenvalue weighted by Crippen LogP contribution is 2.25. The second kappa shape index (κ2) is 11.6. The molecule has 1 heterocycles. The number of hydrogen-bond acceptors (Lipinski definition) is 6. The normalized spacial score (nSPS) is 14.9. The van der Waals surface area contributed by atoms with Crippen LogP contribution < -0.4 is 0 Å². The molecule has 178 valence electrons. The molecule has 1 saturated heterocycles. The van der Waals surface area contributed by atoms with Gasteiger partial charge in [0.25, 0.3) is 0 Å². The first-order valence-electron chi connectivity index (χ1n) is 10.7. The van der Waals surface area contributed by atoms with Gasteiger partial charge in [-0.3, -0.25) is 14.5 Å². The van der Waals surface area contributed by atoms with Crippen LogP contribution in [0.1, 0.15) is 12.0 Å². The molecule has 3 rings (SSSR count). The summed E-state index contributed by atoms with van der Waals surface area (Å²) in [5.41, 5.74) is 1.03. The van der Waals surface area contributed by atoms with Gasteiger partial charge in [0.2, 0.25) is 15.9 Å². The fourth-order valence-electron chi connectivity index (χ4n) is 3.67. The van der Waals surface area contributed by atoms with Crippen LogP contribution in [0, 0.1) is 0 Å². The van der Waals surface area contributed by atoms with E-state index < -0.39 is 10.0 Å². The van der Waals surface area contributed by atoms with Crippen LogP contribution in [0.2, 0.25) is 5.02 Å². The molecular formula is C23H28ClN3O5S. The molecule has 1 aliphatic heterocycles. The topological polar surface area (TPSA) is 87.2 Å². The maximum atomic E-state index is 13.0. The summed E-state index contributed by atoms with van der Waals surface area (Å²) in [6.07, 6.45) is 0.181. The summed E-state index contributed by atoms with van der Waals surface area (Å²) in [6, 6.07) is 16.0. The molecule has 0 unspecified atom stereocenters. The molecule has 2 aromatic carbocycles. The van der Waals surface area contributed by atoms with E-state index >= 15 is 0 Å². The summed E-state index contributed by atoms with van der Waals surface area (Å²) in [7, 11) is -2.39. The van der Waals surface area contributed by atoms with E-state index in [2.05, 4.69) is 0 Å². The quantitative estimate of drug-likeness (QED) is 0.498. The first-order valence-corrected chi connectivity index (χ1v) is 12.5. The van der Waals surface area contributed by atoms with Crippen LogP contribution in [0.3, 0.4) is 0 Å². The van der Waals surface area contributed by atoms with Gasteiger partial charge in [0.15, 0.2) is 0 Å². The van der Waals surface area contributed by atoms with Gasteiger partial charge in [0.1, 0.15) is 4.90 Å². The van der Waals surface area contributed by atoms with Gasteiger partial charge in [-0.25, -0.2) is 8.42 Å². The van der Waals surface area contributed by atoms with Crippen molar-refractivity contribution in [2.24, 2.45) is 0 Å². The number of methoxy groups -OCH3 is 1.